The quantitative estimate of drug-likeness (QED) is 0.839. The SMILES string of the molecule is Cc1occc1C(=O)N1CCC(O)(C(F)(F)F)C1. The average molecular weight is 263 g/mol. The molecule has 1 N–H and O–H groups in total. The third-order valence-electron chi connectivity index (χ3n) is 3.15. The van der Waals surface area contributed by atoms with Crippen molar-refractivity contribution < 1.29 is 27.5 Å². The smallest absolute Gasteiger partial charge is 0.419 e. The standard InChI is InChI=1S/C11H12F3NO3/c1-7-8(2-5-18-7)9(16)15-4-3-10(17,6-15)11(12,13)14/h2,5,17H,3-4,6H2,1H3. The van der Waals surface area contributed by atoms with Crippen LogP contribution in [0.5, 0.6) is 0 Å². The molecule has 0 aliphatic carbocycles. The number of halogens is 3. The van der Waals surface area contributed by atoms with E-state index in [1.165, 1.54) is 12.3 Å². The van der Waals surface area contributed by atoms with Gasteiger partial charge in [0.25, 0.3) is 5.91 Å². The zero-order valence-corrected chi connectivity index (χ0v) is 9.62. The third kappa shape index (κ3) is 1.98. The van der Waals surface area contributed by atoms with Crippen LogP contribution in [-0.2, 0) is 0 Å². The van der Waals surface area contributed by atoms with Gasteiger partial charge in [0.05, 0.1) is 18.4 Å². The van der Waals surface area contributed by atoms with E-state index in [9.17, 15) is 23.1 Å². The Labute approximate surface area is 101 Å². The van der Waals surface area contributed by atoms with Gasteiger partial charge < -0.3 is 14.4 Å². The lowest BCUT2D eigenvalue weighted by atomic mass is 10.0. The molecule has 1 saturated heterocycles. The molecule has 0 aromatic carbocycles. The molecule has 0 saturated carbocycles. The van der Waals surface area contributed by atoms with Crippen molar-refractivity contribution in [1.82, 2.24) is 4.90 Å². The number of aryl methyl sites for hydroxylation is 1. The molecule has 2 rings (SSSR count). The van der Waals surface area contributed by atoms with Crippen LogP contribution in [0, 0.1) is 6.92 Å². The van der Waals surface area contributed by atoms with Crippen LogP contribution in [0.4, 0.5) is 13.2 Å². The molecule has 1 aromatic heterocycles. The number of hydrogen-bond donors (Lipinski definition) is 1. The Balaban J connectivity index is 2.15. The molecule has 1 amide bonds. The number of aliphatic hydroxyl groups is 1. The molecule has 1 fully saturated rings. The van der Waals surface area contributed by atoms with Gasteiger partial charge in [-0.25, -0.2) is 0 Å². The Hall–Kier alpha value is -1.50. The number of nitrogens with zero attached hydrogens (tertiary/aromatic N) is 1. The first-order valence-electron chi connectivity index (χ1n) is 5.37. The highest BCUT2D eigenvalue weighted by molar-refractivity contribution is 5.95. The van der Waals surface area contributed by atoms with Crippen LogP contribution in [0.3, 0.4) is 0 Å². The van der Waals surface area contributed by atoms with Crippen LogP contribution in [-0.4, -0.2) is 40.8 Å². The van der Waals surface area contributed by atoms with E-state index in [0.29, 0.717) is 5.76 Å². The summed E-state index contributed by atoms with van der Waals surface area (Å²) in [4.78, 5) is 12.9. The molecule has 1 atom stereocenters. The summed E-state index contributed by atoms with van der Waals surface area (Å²) >= 11 is 0. The number of likely N-dealkylation sites (tertiary alicyclic amines) is 1. The van der Waals surface area contributed by atoms with Crippen molar-refractivity contribution in [3.05, 3.63) is 23.7 Å². The summed E-state index contributed by atoms with van der Waals surface area (Å²) in [7, 11) is 0. The Morgan fingerprint density at radius 2 is 2.22 bits per heavy atom. The van der Waals surface area contributed by atoms with E-state index in [1.54, 1.807) is 6.92 Å². The van der Waals surface area contributed by atoms with Gasteiger partial charge in [-0.3, -0.25) is 4.79 Å². The second-order valence-corrected chi connectivity index (χ2v) is 4.40. The summed E-state index contributed by atoms with van der Waals surface area (Å²) in [5.74, 6) is -0.205. The number of furan rings is 1. The van der Waals surface area contributed by atoms with Gasteiger partial charge in [-0.1, -0.05) is 0 Å². The van der Waals surface area contributed by atoms with Crippen molar-refractivity contribution in [1.29, 1.82) is 0 Å². The van der Waals surface area contributed by atoms with Gasteiger partial charge in [-0.15, -0.1) is 0 Å². The molecule has 0 radical (unpaired) electrons. The van der Waals surface area contributed by atoms with E-state index in [4.69, 9.17) is 4.42 Å². The lowest BCUT2D eigenvalue weighted by Crippen LogP contribution is -2.48. The fraction of sp³-hybridized carbons (Fsp3) is 0.545. The largest absolute Gasteiger partial charge is 0.469 e. The van der Waals surface area contributed by atoms with E-state index >= 15 is 0 Å². The molecular weight excluding hydrogens is 251 g/mol. The van der Waals surface area contributed by atoms with Crippen LogP contribution >= 0.6 is 0 Å². The van der Waals surface area contributed by atoms with E-state index in [0.717, 1.165) is 4.90 Å². The molecule has 0 spiro atoms. The minimum Gasteiger partial charge on any atom is -0.469 e. The second kappa shape index (κ2) is 4.01. The summed E-state index contributed by atoms with van der Waals surface area (Å²) in [6.07, 6.45) is -3.93. The van der Waals surface area contributed by atoms with Crippen molar-refractivity contribution in [2.45, 2.75) is 25.1 Å². The minimum absolute atomic E-state index is 0.126. The Kier molecular flexibility index (Phi) is 2.89. The predicted octanol–water partition coefficient (Wildman–Crippen LogP) is 1.73. The van der Waals surface area contributed by atoms with Crippen LogP contribution in [0.25, 0.3) is 0 Å². The third-order valence-corrected chi connectivity index (χ3v) is 3.15. The highest BCUT2D eigenvalue weighted by Gasteiger charge is 2.57. The van der Waals surface area contributed by atoms with Gasteiger partial charge in [0, 0.05) is 13.0 Å². The topological polar surface area (TPSA) is 53.7 Å². The fourth-order valence-corrected chi connectivity index (χ4v) is 1.98. The van der Waals surface area contributed by atoms with Gasteiger partial charge in [0.2, 0.25) is 0 Å². The number of rotatable bonds is 1. The first-order chi connectivity index (χ1) is 8.24. The Morgan fingerprint density at radius 1 is 1.56 bits per heavy atom. The van der Waals surface area contributed by atoms with Gasteiger partial charge in [-0.2, -0.15) is 13.2 Å². The van der Waals surface area contributed by atoms with Gasteiger partial charge in [0.15, 0.2) is 5.60 Å². The molecule has 4 nitrogen and oxygen atoms in total. The molecule has 100 valence electrons. The lowest BCUT2D eigenvalue weighted by molar-refractivity contribution is -0.253. The predicted molar refractivity (Wildman–Crippen MR) is 55.0 cm³/mol. The first-order valence-corrected chi connectivity index (χ1v) is 5.37. The molecule has 0 bridgehead atoms. The van der Waals surface area contributed by atoms with E-state index in [2.05, 4.69) is 0 Å². The molecule has 1 aromatic rings. The monoisotopic (exact) mass is 263 g/mol. The summed E-state index contributed by atoms with van der Waals surface area (Å²) in [5.41, 5.74) is -2.58. The second-order valence-electron chi connectivity index (χ2n) is 4.40. The van der Waals surface area contributed by atoms with Crippen molar-refractivity contribution >= 4 is 5.91 Å². The van der Waals surface area contributed by atoms with E-state index < -0.39 is 30.7 Å². The molecule has 1 aliphatic rings. The first kappa shape index (κ1) is 12.9. The van der Waals surface area contributed by atoms with Crippen molar-refractivity contribution in [2.75, 3.05) is 13.1 Å². The maximum atomic E-state index is 12.6. The van der Waals surface area contributed by atoms with Gasteiger partial charge >= 0.3 is 6.18 Å². The Bertz CT molecular complexity index is 468. The highest BCUT2D eigenvalue weighted by atomic mass is 19.4. The summed E-state index contributed by atoms with van der Waals surface area (Å²) in [6, 6.07) is 1.41. The number of amides is 1. The molecule has 1 aliphatic heterocycles. The maximum Gasteiger partial charge on any atom is 0.419 e. The molecule has 18 heavy (non-hydrogen) atoms. The van der Waals surface area contributed by atoms with Crippen molar-refractivity contribution in [3.63, 3.8) is 0 Å². The minimum atomic E-state index is -4.73. The summed E-state index contributed by atoms with van der Waals surface area (Å²) in [5, 5.41) is 9.47. The average Bonchev–Trinajstić information content (AvgIpc) is 2.83. The number of hydrogen-bond acceptors (Lipinski definition) is 3. The molecule has 1 unspecified atom stereocenters. The van der Waals surface area contributed by atoms with Gasteiger partial charge in [-0.05, 0) is 13.0 Å². The summed E-state index contributed by atoms with van der Waals surface area (Å²) < 4.78 is 42.7. The van der Waals surface area contributed by atoms with Crippen LogP contribution in [0.15, 0.2) is 16.7 Å². The number of carbonyl (C=O) groups excluding carboxylic acids is 1. The Morgan fingerprint density at radius 3 is 2.67 bits per heavy atom. The zero-order chi connectivity index (χ0) is 13.6. The van der Waals surface area contributed by atoms with Crippen molar-refractivity contribution in [3.8, 4) is 0 Å². The normalized spacial score (nSPS) is 24.6. The highest BCUT2D eigenvalue weighted by Crippen LogP contribution is 2.38. The van der Waals surface area contributed by atoms with Crippen LogP contribution in [0.2, 0.25) is 0 Å². The van der Waals surface area contributed by atoms with Crippen molar-refractivity contribution in [2.24, 2.45) is 0 Å². The maximum absolute atomic E-state index is 12.6. The lowest BCUT2D eigenvalue weighted by Gasteiger charge is -2.25. The molecule has 2 heterocycles. The van der Waals surface area contributed by atoms with Gasteiger partial charge in [0.1, 0.15) is 5.76 Å². The number of alkyl halides is 3. The number of β-amino-alcohol motifs (C(OH)–C–C–N with tert-alkyl or cyclic N) is 1. The fourth-order valence-electron chi connectivity index (χ4n) is 1.98. The van der Waals surface area contributed by atoms with Crippen LogP contribution < -0.4 is 0 Å². The molecule has 7 heteroatoms. The van der Waals surface area contributed by atoms with E-state index in [1.807, 2.05) is 0 Å². The molecular formula is C11H12F3NO3. The van der Waals surface area contributed by atoms with E-state index in [-0.39, 0.29) is 12.1 Å². The number of carbonyl (C=O) groups is 1. The zero-order valence-electron chi connectivity index (χ0n) is 9.62. The van der Waals surface area contributed by atoms with Crippen LogP contribution in [0.1, 0.15) is 22.5 Å². The summed E-state index contributed by atoms with van der Waals surface area (Å²) in [6.45, 7) is 0.693.